The van der Waals surface area contributed by atoms with E-state index in [4.69, 9.17) is 0 Å². The molecule has 0 aromatic rings. The summed E-state index contributed by atoms with van der Waals surface area (Å²) in [7, 11) is 0. The Bertz CT molecular complexity index is 175. The van der Waals surface area contributed by atoms with Crippen LogP contribution in [0.2, 0.25) is 0 Å². The third kappa shape index (κ3) is 3.63. The first-order chi connectivity index (χ1) is 7.38. The van der Waals surface area contributed by atoms with E-state index in [1.54, 1.807) is 0 Å². The van der Waals surface area contributed by atoms with E-state index in [1.165, 1.54) is 51.4 Å². The highest BCUT2D eigenvalue weighted by Gasteiger charge is 2.21. The van der Waals surface area contributed by atoms with Crippen molar-refractivity contribution in [3.63, 3.8) is 0 Å². The van der Waals surface area contributed by atoms with E-state index in [0.29, 0.717) is 0 Å². The van der Waals surface area contributed by atoms with E-state index in [0.717, 1.165) is 11.9 Å². The van der Waals surface area contributed by atoms with Crippen molar-refractivity contribution in [1.82, 2.24) is 15.1 Å². The predicted octanol–water partition coefficient (Wildman–Crippen LogP) is 0.677. The molecular formula is C11H23N3S. The molecule has 2 aliphatic heterocycles. The van der Waals surface area contributed by atoms with Crippen molar-refractivity contribution in [3.05, 3.63) is 0 Å². The maximum atomic E-state index is 3.55. The maximum absolute atomic E-state index is 3.55. The molecule has 2 fully saturated rings. The Hall–Kier alpha value is 0.230. The second-order valence-corrected chi connectivity index (χ2v) is 5.59. The van der Waals surface area contributed by atoms with Crippen LogP contribution in [0, 0.1) is 0 Å². The van der Waals surface area contributed by atoms with Crippen LogP contribution in [0.4, 0.5) is 0 Å². The number of piperazine rings is 1. The van der Waals surface area contributed by atoms with Gasteiger partial charge in [-0.25, -0.2) is 0 Å². The van der Waals surface area contributed by atoms with Gasteiger partial charge < -0.3 is 10.2 Å². The van der Waals surface area contributed by atoms with Crippen molar-refractivity contribution in [2.75, 3.05) is 50.9 Å². The Kier molecular flexibility index (Phi) is 4.75. The predicted molar refractivity (Wildman–Crippen MR) is 67.4 cm³/mol. The molecule has 4 heteroatoms. The molecule has 15 heavy (non-hydrogen) atoms. The minimum absolute atomic E-state index is 0.743. The average Bonchev–Trinajstić information content (AvgIpc) is 2.74. The summed E-state index contributed by atoms with van der Waals surface area (Å²) in [6.45, 7) is 9.89. The largest absolute Gasteiger partial charge is 0.303 e. The van der Waals surface area contributed by atoms with Crippen molar-refractivity contribution in [2.45, 2.75) is 19.4 Å². The Labute approximate surface area is 97.6 Å². The molecule has 1 atom stereocenters. The lowest BCUT2D eigenvalue weighted by atomic mass is 10.2. The second kappa shape index (κ2) is 6.09. The quantitative estimate of drug-likeness (QED) is 0.764. The third-order valence-electron chi connectivity index (χ3n) is 3.28. The lowest BCUT2D eigenvalue weighted by Crippen LogP contribution is -2.50. The highest BCUT2D eigenvalue weighted by molar-refractivity contribution is 7.99. The molecular weight excluding hydrogens is 206 g/mol. The van der Waals surface area contributed by atoms with Gasteiger partial charge in [0.2, 0.25) is 0 Å². The van der Waals surface area contributed by atoms with Gasteiger partial charge in [0, 0.05) is 50.4 Å². The van der Waals surface area contributed by atoms with Crippen LogP contribution >= 0.6 is 11.8 Å². The first-order valence-corrected chi connectivity index (χ1v) is 7.30. The molecule has 2 heterocycles. The molecule has 0 aromatic carbocycles. The zero-order valence-corrected chi connectivity index (χ0v) is 10.6. The van der Waals surface area contributed by atoms with Gasteiger partial charge in [-0.15, -0.1) is 11.8 Å². The Morgan fingerprint density at radius 1 is 1.20 bits per heavy atom. The number of rotatable bonds is 4. The zero-order chi connectivity index (χ0) is 10.5. The second-order valence-electron chi connectivity index (χ2n) is 4.56. The van der Waals surface area contributed by atoms with Crippen molar-refractivity contribution in [3.8, 4) is 0 Å². The van der Waals surface area contributed by atoms with Gasteiger partial charge in [-0.05, 0) is 13.0 Å². The van der Waals surface area contributed by atoms with E-state index in [9.17, 15) is 0 Å². The SMILES string of the molecule is CCCN1CCN(CC2CSCN2)CC1. The van der Waals surface area contributed by atoms with Gasteiger partial charge in [-0.1, -0.05) is 6.92 Å². The van der Waals surface area contributed by atoms with Gasteiger partial charge in [-0.2, -0.15) is 0 Å². The molecule has 0 aromatic heterocycles. The summed E-state index contributed by atoms with van der Waals surface area (Å²) >= 11 is 2.03. The fraction of sp³-hybridized carbons (Fsp3) is 1.00. The van der Waals surface area contributed by atoms with E-state index in [1.807, 2.05) is 11.8 Å². The summed E-state index contributed by atoms with van der Waals surface area (Å²) in [4.78, 5) is 5.21. The van der Waals surface area contributed by atoms with Gasteiger partial charge in [0.15, 0.2) is 0 Å². The Morgan fingerprint density at radius 3 is 2.53 bits per heavy atom. The summed E-state index contributed by atoms with van der Waals surface area (Å²) in [6, 6.07) is 0.743. The van der Waals surface area contributed by atoms with Crippen molar-refractivity contribution >= 4 is 11.8 Å². The average molecular weight is 229 g/mol. The van der Waals surface area contributed by atoms with E-state index in [2.05, 4.69) is 22.0 Å². The standard InChI is InChI=1S/C11H23N3S/c1-2-3-13-4-6-14(7-5-13)8-11-9-15-10-12-11/h11-12H,2-10H2,1H3. The molecule has 1 unspecified atom stereocenters. The number of thioether (sulfide) groups is 1. The number of hydrogen-bond donors (Lipinski definition) is 1. The van der Waals surface area contributed by atoms with Gasteiger partial charge in [0.25, 0.3) is 0 Å². The van der Waals surface area contributed by atoms with Gasteiger partial charge in [0.05, 0.1) is 0 Å². The number of hydrogen-bond acceptors (Lipinski definition) is 4. The minimum atomic E-state index is 0.743. The van der Waals surface area contributed by atoms with Crippen LogP contribution in [0.3, 0.4) is 0 Å². The lowest BCUT2D eigenvalue weighted by Gasteiger charge is -2.35. The molecule has 0 bridgehead atoms. The number of nitrogens with zero attached hydrogens (tertiary/aromatic N) is 2. The zero-order valence-electron chi connectivity index (χ0n) is 9.74. The van der Waals surface area contributed by atoms with Crippen molar-refractivity contribution in [1.29, 1.82) is 0 Å². The molecule has 88 valence electrons. The van der Waals surface area contributed by atoms with Gasteiger partial charge in [0.1, 0.15) is 0 Å². The molecule has 1 N–H and O–H groups in total. The molecule has 0 radical (unpaired) electrons. The molecule has 2 rings (SSSR count). The third-order valence-corrected chi connectivity index (χ3v) is 4.29. The van der Waals surface area contributed by atoms with E-state index in [-0.39, 0.29) is 0 Å². The molecule has 0 saturated carbocycles. The van der Waals surface area contributed by atoms with Crippen LogP contribution in [0.1, 0.15) is 13.3 Å². The van der Waals surface area contributed by atoms with E-state index < -0.39 is 0 Å². The summed E-state index contributed by atoms with van der Waals surface area (Å²) in [5.74, 6) is 2.45. The first kappa shape index (κ1) is 11.7. The fourth-order valence-electron chi connectivity index (χ4n) is 2.38. The maximum Gasteiger partial charge on any atom is 0.0421 e. The summed E-state index contributed by atoms with van der Waals surface area (Å²) < 4.78 is 0. The Morgan fingerprint density at radius 2 is 1.93 bits per heavy atom. The van der Waals surface area contributed by atoms with Gasteiger partial charge in [-0.3, -0.25) is 4.90 Å². The van der Waals surface area contributed by atoms with Crippen LogP contribution in [0.5, 0.6) is 0 Å². The minimum Gasteiger partial charge on any atom is -0.303 e. The van der Waals surface area contributed by atoms with Crippen LogP contribution in [-0.4, -0.2) is 66.7 Å². The van der Waals surface area contributed by atoms with Crippen molar-refractivity contribution in [2.24, 2.45) is 0 Å². The highest BCUT2D eigenvalue weighted by atomic mass is 32.2. The van der Waals surface area contributed by atoms with Crippen LogP contribution in [0.25, 0.3) is 0 Å². The van der Waals surface area contributed by atoms with Gasteiger partial charge >= 0.3 is 0 Å². The molecule has 0 amide bonds. The normalized spacial score (nSPS) is 29.8. The summed E-state index contributed by atoms with van der Waals surface area (Å²) in [6.07, 6.45) is 1.29. The molecule has 2 aliphatic rings. The summed E-state index contributed by atoms with van der Waals surface area (Å²) in [5, 5.41) is 3.55. The molecule has 3 nitrogen and oxygen atoms in total. The topological polar surface area (TPSA) is 18.5 Å². The monoisotopic (exact) mass is 229 g/mol. The van der Waals surface area contributed by atoms with E-state index >= 15 is 0 Å². The molecule has 0 spiro atoms. The van der Waals surface area contributed by atoms with Crippen LogP contribution in [-0.2, 0) is 0 Å². The Balaban J connectivity index is 1.64. The first-order valence-electron chi connectivity index (χ1n) is 6.14. The smallest absolute Gasteiger partial charge is 0.0421 e. The molecule has 0 aliphatic carbocycles. The summed E-state index contributed by atoms with van der Waals surface area (Å²) in [5.41, 5.74) is 0. The fourth-order valence-corrected chi connectivity index (χ4v) is 3.36. The number of nitrogens with one attached hydrogen (secondary N) is 1. The molecule has 2 saturated heterocycles. The van der Waals surface area contributed by atoms with Crippen LogP contribution < -0.4 is 5.32 Å². The van der Waals surface area contributed by atoms with Crippen LogP contribution in [0.15, 0.2) is 0 Å². The highest BCUT2D eigenvalue weighted by Crippen LogP contribution is 2.12. The van der Waals surface area contributed by atoms with Crippen molar-refractivity contribution < 1.29 is 0 Å². The lowest BCUT2D eigenvalue weighted by molar-refractivity contribution is 0.126.